The highest BCUT2D eigenvalue weighted by Gasteiger charge is 2.44. The van der Waals surface area contributed by atoms with E-state index in [0.717, 1.165) is 12.4 Å². The van der Waals surface area contributed by atoms with Crippen molar-refractivity contribution >= 4 is 11.9 Å². The van der Waals surface area contributed by atoms with Crippen LogP contribution in [-0.4, -0.2) is 75.1 Å². The second kappa shape index (κ2) is 9.26. The van der Waals surface area contributed by atoms with Crippen LogP contribution in [0.5, 0.6) is 0 Å². The first kappa shape index (κ1) is 25.4. The number of carbonyl (C=O) groups excluding carboxylic acids is 1. The quantitative estimate of drug-likeness (QED) is 0.605. The topological polar surface area (TPSA) is 98.3 Å². The van der Waals surface area contributed by atoms with Crippen molar-refractivity contribution in [3.05, 3.63) is 45.1 Å². The van der Waals surface area contributed by atoms with Gasteiger partial charge < -0.3 is 9.80 Å². The Labute approximate surface area is 206 Å². The maximum atomic E-state index is 13.3. The number of carbonyl (C=O) groups is 1. The van der Waals surface area contributed by atoms with Crippen molar-refractivity contribution in [1.29, 1.82) is 0 Å². The molecule has 2 fully saturated rings. The van der Waals surface area contributed by atoms with Crippen LogP contribution in [0.4, 0.5) is 32.3 Å². The van der Waals surface area contributed by atoms with Crippen molar-refractivity contribution in [1.82, 2.24) is 30.0 Å². The van der Waals surface area contributed by atoms with Crippen LogP contribution >= 0.6 is 0 Å². The summed E-state index contributed by atoms with van der Waals surface area (Å²) in [7, 11) is 0. The second-order valence-electron chi connectivity index (χ2n) is 9.51. The van der Waals surface area contributed by atoms with E-state index >= 15 is 0 Å². The van der Waals surface area contributed by atoms with Gasteiger partial charge in [0, 0.05) is 58.1 Å². The molecule has 37 heavy (non-hydrogen) atoms. The van der Waals surface area contributed by atoms with E-state index in [1.807, 2.05) is 10.00 Å². The monoisotopic (exact) mass is 531 g/mol. The molecule has 2 aliphatic heterocycles. The number of amides is 1. The lowest BCUT2D eigenvalue weighted by atomic mass is 9.92. The molecule has 0 spiro atoms. The molecular formula is C22H23F6N7O2. The molecule has 1 amide bonds. The molecule has 0 bridgehead atoms. The third-order valence-corrected chi connectivity index (χ3v) is 7.15. The lowest BCUT2D eigenvalue weighted by Crippen LogP contribution is -2.53. The fraction of sp³-hybridized carbons (Fsp3) is 0.591. The highest BCUT2D eigenvalue weighted by Crippen LogP contribution is 2.42. The van der Waals surface area contributed by atoms with E-state index in [9.17, 15) is 35.9 Å². The summed E-state index contributed by atoms with van der Waals surface area (Å²) >= 11 is 0. The molecule has 2 aromatic rings. The fourth-order valence-corrected chi connectivity index (χ4v) is 5.26. The Hall–Kier alpha value is -3.23. The summed E-state index contributed by atoms with van der Waals surface area (Å²) in [6.07, 6.45) is -6.94. The van der Waals surface area contributed by atoms with Crippen molar-refractivity contribution in [3.8, 4) is 0 Å². The van der Waals surface area contributed by atoms with E-state index in [1.54, 1.807) is 9.80 Å². The number of aromatic amines is 1. The van der Waals surface area contributed by atoms with E-state index in [4.69, 9.17) is 0 Å². The van der Waals surface area contributed by atoms with Gasteiger partial charge in [-0.05, 0) is 24.3 Å². The molecule has 0 saturated carbocycles. The number of hydrogen-bond donors (Lipinski definition) is 1. The first-order valence-electron chi connectivity index (χ1n) is 11.8. The third-order valence-electron chi connectivity index (χ3n) is 7.15. The van der Waals surface area contributed by atoms with Gasteiger partial charge in [0.25, 0.3) is 5.56 Å². The first-order valence-corrected chi connectivity index (χ1v) is 11.8. The Morgan fingerprint density at radius 1 is 1.00 bits per heavy atom. The smallest absolute Gasteiger partial charge is 0.339 e. The number of H-pyrrole nitrogens is 1. The van der Waals surface area contributed by atoms with Crippen LogP contribution in [0, 0.1) is 5.92 Å². The number of fused-ring (bicyclic) bond motifs is 1. The first-order chi connectivity index (χ1) is 17.4. The summed E-state index contributed by atoms with van der Waals surface area (Å²) < 4.78 is 78.1. The average molecular weight is 531 g/mol. The number of nitrogens with zero attached hydrogens (tertiary/aromatic N) is 6. The molecule has 1 N–H and O–H groups in total. The lowest BCUT2D eigenvalue weighted by molar-refractivity contribution is -0.139. The number of nitrogens with one attached hydrogen (secondary N) is 1. The van der Waals surface area contributed by atoms with Gasteiger partial charge in [0.15, 0.2) is 0 Å². The van der Waals surface area contributed by atoms with Crippen LogP contribution < -0.4 is 10.5 Å². The van der Waals surface area contributed by atoms with E-state index < -0.39 is 29.0 Å². The minimum Gasteiger partial charge on any atom is -0.339 e. The van der Waals surface area contributed by atoms with Gasteiger partial charge in [-0.1, -0.05) is 0 Å². The molecule has 9 nitrogen and oxygen atoms in total. The van der Waals surface area contributed by atoms with Crippen LogP contribution in [0.3, 0.4) is 0 Å². The highest BCUT2D eigenvalue weighted by atomic mass is 19.4. The van der Waals surface area contributed by atoms with Crippen molar-refractivity contribution in [2.45, 2.75) is 37.7 Å². The molecule has 2 saturated heterocycles. The van der Waals surface area contributed by atoms with Gasteiger partial charge in [0.05, 0.1) is 17.3 Å². The predicted molar refractivity (Wildman–Crippen MR) is 116 cm³/mol. The molecule has 5 rings (SSSR count). The molecule has 4 heterocycles. The van der Waals surface area contributed by atoms with Crippen molar-refractivity contribution in [2.24, 2.45) is 5.92 Å². The van der Waals surface area contributed by atoms with Crippen molar-refractivity contribution in [2.75, 3.05) is 44.2 Å². The van der Waals surface area contributed by atoms with Crippen LogP contribution in [0.1, 0.15) is 41.3 Å². The Kier molecular flexibility index (Phi) is 6.36. The number of hydrogen-bond acceptors (Lipinski definition) is 7. The van der Waals surface area contributed by atoms with Gasteiger partial charge in [0.2, 0.25) is 11.9 Å². The van der Waals surface area contributed by atoms with Crippen LogP contribution in [-0.2, 0) is 23.6 Å². The minimum absolute atomic E-state index is 0.0457. The zero-order chi connectivity index (χ0) is 26.5. The molecule has 1 unspecified atom stereocenters. The number of aromatic nitrogens is 4. The number of anilines is 1. The van der Waals surface area contributed by atoms with E-state index in [0.29, 0.717) is 52.1 Å². The summed E-state index contributed by atoms with van der Waals surface area (Å²) in [5.74, 6) is 0.180. The molecule has 1 atom stereocenters. The number of alkyl halides is 6. The normalized spacial score (nSPS) is 21.2. The zero-order valence-corrected chi connectivity index (χ0v) is 19.4. The van der Waals surface area contributed by atoms with Crippen LogP contribution in [0.15, 0.2) is 17.2 Å². The largest absolute Gasteiger partial charge is 0.422 e. The second-order valence-corrected chi connectivity index (χ2v) is 9.51. The molecule has 200 valence electrons. The molecule has 0 radical (unpaired) electrons. The Bertz CT molecular complexity index is 1220. The van der Waals surface area contributed by atoms with Gasteiger partial charge in [0.1, 0.15) is 5.56 Å². The highest BCUT2D eigenvalue weighted by molar-refractivity contribution is 5.77. The lowest BCUT2D eigenvalue weighted by Gasteiger charge is -2.44. The van der Waals surface area contributed by atoms with E-state index in [1.165, 1.54) is 0 Å². The molecule has 0 aromatic carbocycles. The summed E-state index contributed by atoms with van der Waals surface area (Å²) in [5, 5.41) is 5.88. The average Bonchev–Trinajstić information content (AvgIpc) is 3.22. The van der Waals surface area contributed by atoms with E-state index in [-0.39, 0.29) is 41.5 Å². The van der Waals surface area contributed by atoms with Crippen molar-refractivity contribution < 1.29 is 31.1 Å². The number of piperazine rings is 1. The summed E-state index contributed by atoms with van der Waals surface area (Å²) in [5.41, 5.74) is -3.13. The van der Waals surface area contributed by atoms with Gasteiger partial charge in [-0.25, -0.2) is 15.1 Å². The zero-order valence-electron chi connectivity index (χ0n) is 19.4. The standard InChI is InChI=1S/C22H23F6N7O2/c23-21(24,25)13-8-29-20(30-9-13)34-5-3-33(4-6-34)16(36)7-12-10-35(11-12)15-2-1-14-17(22(26,27)28)19(37)32-31-18(14)15/h8-9,12,15H,1-7,10-11H2,(H,32,37). The van der Waals surface area contributed by atoms with Gasteiger partial charge in [-0.3, -0.25) is 14.5 Å². The number of likely N-dealkylation sites (tertiary alicyclic amines) is 1. The summed E-state index contributed by atoms with van der Waals surface area (Å²) in [4.78, 5) is 37.5. The molecule has 1 aliphatic carbocycles. The molecular weight excluding hydrogens is 508 g/mol. The Morgan fingerprint density at radius 2 is 1.65 bits per heavy atom. The van der Waals surface area contributed by atoms with Crippen LogP contribution in [0.2, 0.25) is 0 Å². The number of rotatable bonds is 4. The Morgan fingerprint density at radius 3 is 2.24 bits per heavy atom. The third kappa shape index (κ3) is 5.00. The maximum absolute atomic E-state index is 13.3. The maximum Gasteiger partial charge on any atom is 0.422 e. The SMILES string of the molecule is O=C(CC1CN(C2CCc3c2n[nH]c(=O)c3C(F)(F)F)C1)N1CCN(c2ncc(C(F)(F)F)cn2)CC1. The minimum atomic E-state index is -4.75. The summed E-state index contributed by atoms with van der Waals surface area (Å²) in [6.45, 7) is 2.62. The van der Waals surface area contributed by atoms with Gasteiger partial charge >= 0.3 is 12.4 Å². The molecule has 15 heteroatoms. The predicted octanol–water partition coefficient (Wildman–Crippen LogP) is 2.26. The fourth-order valence-electron chi connectivity index (χ4n) is 5.26. The van der Waals surface area contributed by atoms with Crippen LogP contribution in [0.25, 0.3) is 0 Å². The number of halogens is 6. The Balaban J connectivity index is 1.11. The van der Waals surface area contributed by atoms with Gasteiger partial charge in [-0.15, -0.1) is 0 Å². The van der Waals surface area contributed by atoms with Crippen molar-refractivity contribution in [3.63, 3.8) is 0 Å². The van der Waals surface area contributed by atoms with Gasteiger partial charge in [-0.2, -0.15) is 31.4 Å². The molecule has 3 aliphatic rings. The molecule has 2 aromatic heterocycles. The summed E-state index contributed by atoms with van der Waals surface area (Å²) in [6, 6.07) is -0.327. The van der Waals surface area contributed by atoms with E-state index in [2.05, 4.69) is 15.1 Å².